The van der Waals surface area contributed by atoms with Gasteiger partial charge in [-0.05, 0) is 0 Å². The maximum atomic E-state index is 4.01. The van der Waals surface area contributed by atoms with Crippen LogP contribution in [0.2, 0.25) is 0 Å². The van der Waals surface area contributed by atoms with Gasteiger partial charge in [0.25, 0.3) is 0 Å². The molecule has 0 N–H and O–H groups in total. The van der Waals surface area contributed by atoms with Crippen LogP contribution in [-0.2, 0) is 28.9 Å². The molecule has 0 saturated carbocycles. The Hall–Kier alpha value is 2.76. The second kappa shape index (κ2) is 10.7. The molecule has 0 aromatic heterocycles. The molecular formula is P3Ru2S. The van der Waals surface area contributed by atoms with Gasteiger partial charge in [-0.25, -0.2) is 0 Å². The Morgan fingerprint density at radius 1 is 1.17 bits per heavy atom. The van der Waals surface area contributed by atoms with Crippen molar-refractivity contribution in [3.63, 3.8) is 0 Å². The molecule has 0 amide bonds. The van der Waals surface area contributed by atoms with E-state index < -0.39 is 12.4 Å². The van der Waals surface area contributed by atoms with Crippen molar-refractivity contribution in [3.8, 4) is 0 Å². The normalized spacial score (nSPS) is 4.33. The summed E-state index contributed by atoms with van der Waals surface area (Å²) >= 11 is 0.847. The topological polar surface area (TPSA) is 0 Å². The summed E-state index contributed by atoms with van der Waals surface area (Å²) in [6.45, 7) is 11.5. The van der Waals surface area contributed by atoms with Gasteiger partial charge < -0.3 is 0 Å². The Labute approximate surface area is 59.2 Å². The Bertz CT molecular complexity index is 237. The van der Waals surface area contributed by atoms with E-state index >= 15 is 0 Å². The summed E-state index contributed by atoms with van der Waals surface area (Å²) in [5, 5.41) is 0. The molecule has 0 radical (unpaired) electrons. The van der Waals surface area contributed by atoms with Crippen LogP contribution in [0.1, 0.15) is 0 Å². The van der Waals surface area contributed by atoms with Crippen molar-refractivity contribution in [2.45, 2.75) is 0 Å². The van der Waals surface area contributed by atoms with Gasteiger partial charge in [-0.1, -0.05) is 0 Å². The molecule has 37 valence electrons. The molecule has 0 rings (SSSR count). The molecule has 0 aliphatic carbocycles. The van der Waals surface area contributed by atoms with Gasteiger partial charge in [0.2, 0.25) is 0 Å². The van der Waals surface area contributed by atoms with Crippen molar-refractivity contribution < 1.29 is 28.9 Å². The van der Waals surface area contributed by atoms with E-state index in [1.54, 1.807) is 0 Å². The van der Waals surface area contributed by atoms with Crippen LogP contribution in [-0.4, -0.2) is 0 Å². The van der Waals surface area contributed by atoms with Crippen LogP contribution in [0.3, 0.4) is 0 Å². The monoisotopic (exact) mass is 329 g/mol. The van der Waals surface area contributed by atoms with Crippen molar-refractivity contribution in [2.24, 2.45) is 0 Å². The van der Waals surface area contributed by atoms with Crippen LogP contribution in [0, 0.1) is 0 Å². The summed E-state index contributed by atoms with van der Waals surface area (Å²) in [6.07, 6.45) is 0. The molecule has 0 atom stereocenters. The Morgan fingerprint density at radius 2 is 1.17 bits per heavy atom. The van der Waals surface area contributed by atoms with E-state index in [-0.39, 0.29) is 0 Å². The van der Waals surface area contributed by atoms with Crippen molar-refractivity contribution in [3.05, 3.63) is 0 Å². The summed E-state index contributed by atoms with van der Waals surface area (Å²) < 4.78 is 0. The Morgan fingerprint density at radius 3 is 1.17 bits per heavy atom. The standard InChI is InChI=1S/3P.2Ru.S. The molecule has 0 aromatic carbocycles. The summed E-state index contributed by atoms with van der Waals surface area (Å²) in [6, 6.07) is 0. The maximum absolute atomic E-state index is 4.01. The quantitative estimate of drug-likeness (QED) is 0.486. The number of rotatable bonds is 0. The summed E-state index contributed by atoms with van der Waals surface area (Å²) in [7, 11) is 4.01. The molecule has 0 heterocycles. The van der Waals surface area contributed by atoms with Crippen molar-refractivity contribution in [2.75, 3.05) is 0 Å². The molecule has 6 heavy (non-hydrogen) atoms. The summed E-state index contributed by atoms with van der Waals surface area (Å²) in [5.74, 6) is 0. The SMILES string of the molecule is [P]#[Ru](#[P])#[P].[S]=[Ru]. The van der Waals surface area contributed by atoms with E-state index in [9.17, 15) is 0 Å². The van der Waals surface area contributed by atoms with E-state index in [1.807, 2.05) is 16.6 Å². The fourth-order valence-electron chi connectivity index (χ4n) is 0. The van der Waals surface area contributed by atoms with Gasteiger partial charge in [0.15, 0.2) is 0 Å². The predicted octanol–water partition coefficient (Wildman–Crippen LogP) is 3.23. The zero-order valence-corrected chi connectivity index (χ0v) is 9.43. The van der Waals surface area contributed by atoms with Gasteiger partial charge in [-0.2, -0.15) is 0 Å². The van der Waals surface area contributed by atoms with Gasteiger partial charge in [-0.15, -0.1) is 0 Å². The average molecular weight is 327 g/mol. The third kappa shape index (κ3) is 29.5. The molecule has 0 unspecified atom stereocenters. The molecule has 0 aromatic rings. The summed E-state index contributed by atoms with van der Waals surface area (Å²) in [5.41, 5.74) is 0. The van der Waals surface area contributed by atoms with Gasteiger partial charge in [0, 0.05) is 0 Å². The van der Waals surface area contributed by atoms with Crippen molar-refractivity contribution in [1.29, 1.82) is 0 Å². The second-order valence-electron chi connectivity index (χ2n) is 0.212. The first-order valence-electron chi connectivity index (χ1n) is 0.619. The number of hydrogen-bond acceptors (Lipinski definition) is 1. The van der Waals surface area contributed by atoms with Crippen LogP contribution >= 0.6 is 30.8 Å². The number of hydrogen-bond donors (Lipinski definition) is 0. The molecule has 0 aliphatic rings. The van der Waals surface area contributed by atoms with E-state index in [0.717, 1.165) is 0 Å². The van der Waals surface area contributed by atoms with E-state index in [0.29, 0.717) is 0 Å². The third-order valence-electron chi connectivity index (χ3n) is 0. The third-order valence-corrected chi connectivity index (χ3v) is 0. The molecule has 6 heteroatoms. The molecule has 0 bridgehead atoms. The molecule has 0 spiro atoms. The van der Waals surface area contributed by atoms with Crippen LogP contribution in [0.15, 0.2) is 0 Å². The first-order valence-corrected chi connectivity index (χ1v) is 11.0. The fourth-order valence-corrected chi connectivity index (χ4v) is 0. The molecule has 0 nitrogen and oxygen atoms in total. The first kappa shape index (κ1) is 11.5. The average Bonchev–Trinajstić information content (AvgIpc) is 1.41. The van der Waals surface area contributed by atoms with Gasteiger partial charge >= 0.3 is 59.8 Å². The van der Waals surface area contributed by atoms with E-state index in [1.165, 1.54) is 0 Å². The second-order valence-corrected chi connectivity index (χ2v) is 11.3. The van der Waals surface area contributed by atoms with Crippen LogP contribution < -0.4 is 0 Å². The van der Waals surface area contributed by atoms with Crippen LogP contribution in [0.25, 0.3) is 0 Å². The minimum atomic E-state index is -1.09. The first-order chi connectivity index (χ1) is 2.73. The summed E-state index contributed by atoms with van der Waals surface area (Å²) in [4.78, 5) is 0. The fraction of sp³-hybridized carbons (Fsp3) is 0. The molecule has 0 fully saturated rings. The van der Waals surface area contributed by atoms with E-state index in [2.05, 4.69) is 30.8 Å². The minimum absolute atomic E-state index is 1.09. The molecular weight excluding hydrogens is 327 g/mol. The molecule has 0 saturated heterocycles. The van der Waals surface area contributed by atoms with E-state index in [4.69, 9.17) is 0 Å². The van der Waals surface area contributed by atoms with Gasteiger partial charge in [0.05, 0.1) is 0 Å². The van der Waals surface area contributed by atoms with Gasteiger partial charge in [-0.3, -0.25) is 0 Å². The van der Waals surface area contributed by atoms with Crippen molar-refractivity contribution in [1.82, 2.24) is 0 Å². The van der Waals surface area contributed by atoms with Gasteiger partial charge in [0.1, 0.15) is 0 Å². The van der Waals surface area contributed by atoms with Crippen LogP contribution in [0.5, 0.6) is 0 Å². The zero-order valence-electron chi connectivity index (χ0n) is 2.46. The zero-order chi connectivity index (χ0) is 5.58. The predicted molar refractivity (Wildman–Crippen MR) is 28.4 cm³/mol. The molecule has 0 aliphatic heterocycles. The Kier molecular flexibility index (Phi) is 20.6. The van der Waals surface area contributed by atoms with Crippen molar-refractivity contribution >= 4 is 30.8 Å². The van der Waals surface area contributed by atoms with Crippen LogP contribution in [0.4, 0.5) is 0 Å². The Balaban J connectivity index is 0.